The largest absolute Gasteiger partial charge is 0.472 e. The SMILES string of the molecule is C/C=C/CC1=CCC(c2ccoc2)OC1=O. The van der Waals surface area contributed by atoms with Crippen LogP contribution in [-0.4, -0.2) is 5.97 Å². The lowest BCUT2D eigenvalue weighted by molar-refractivity contribution is -0.146. The number of ether oxygens (including phenoxy) is 1. The maximum Gasteiger partial charge on any atom is 0.334 e. The summed E-state index contributed by atoms with van der Waals surface area (Å²) >= 11 is 0. The Balaban J connectivity index is 2.06. The van der Waals surface area contributed by atoms with Crippen LogP contribution in [0.3, 0.4) is 0 Å². The molecule has 0 aromatic carbocycles. The first-order valence-corrected chi connectivity index (χ1v) is 5.34. The van der Waals surface area contributed by atoms with Crippen molar-refractivity contribution >= 4 is 5.97 Å². The molecule has 1 aliphatic rings. The summed E-state index contributed by atoms with van der Waals surface area (Å²) in [6.07, 6.45) is 10.2. The van der Waals surface area contributed by atoms with Gasteiger partial charge in [-0.1, -0.05) is 18.2 Å². The van der Waals surface area contributed by atoms with E-state index in [0.29, 0.717) is 6.42 Å². The van der Waals surface area contributed by atoms with Crippen molar-refractivity contribution in [3.05, 3.63) is 48.0 Å². The topological polar surface area (TPSA) is 39.4 Å². The highest BCUT2D eigenvalue weighted by molar-refractivity contribution is 5.89. The second-order valence-corrected chi connectivity index (χ2v) is 3.69. The average molecular weight is 218 g/mol. The Kier molecular flexibility index (Phi) is 3.25. The number of rotatable bonds is 3. The molecule has 0 aliphatic carbocycles. The van der Waals surface area contributed by atoms with Crippen LogP contribution in [-0.2, 0) is 9.53 Å². The first-order valence-electron chi connectivity index (χ1n) is 5.34. The van der Waals surface area contributed by atoms with E-state index in [1.165, 1.54) is 0 Å². The van der Waals surface area contributed by atoms with E-state index in [1.54, 1.807) is 12.5 Å². The lowest BCUT2D eigenvalue weighted by atomic mass is 10.0. The molecule has 0 spiro atoms. The summed E-state index contributed by atoms with van der Waals surface area (Å²) in [5.74, 6) is -0.226. The van der Waals surface area contributed by atoms with Gasteiger partial charge >= 0.3 is 5.97 Å². The van der Waals surface area contributed by atoms with Gasteiger partial charge in [0.15, 0.2) is 0 Å². The van der Waals surface area contributed by atoms with Crippen LogP contribution in [0, 0.1) is 0 Å². The van der Waals surface area contributed by atoms with Gasteiger partial charge in [0.1, 0.15) is 6.10 Å². The molecule has 84 valence electrons. The lowest BCUT2D eigenvalue weighted by Crippen LogP contribution is -2.17. The summed E-state index contributed by atoms with van der Waals surface area (Å²) in [6.45, 7) is 1.93. The molecule has 0 saturated heterocycles. The third-order valence-electron chi connectivity index (χ3n) is 2.58. The van der Waals surface area contributed by atoms with E-state index in [-0.39, 0.29) is 12.1 Å². The molecular formula is C13H14O3. The standard InChI is InChI=1S/C13H14O3/c1-2-3-4-10-5-6-12(16-13(10)14)11-7-8-15-9-11/h2-3,5,7-9,12H,4,6H2,1H3/b3-2+. The molecule has 0 saturated carbocycles. The molecule has 3 nitrogen and oxygen atoms in total. The van der Waals surface area contributed by atoms with Crippen molar-refractivity contribution in [2.45, 2.75) is 25.9 Å². The molecule has 1 atom stereocenters. The molecule has 0 radical (unpaired) electrons. The third kappa shape index (κ3) is 2.24. The molecule has 1 unspecified atom stereocenters. The third-order valence-corrected chi connectivity index (χ3v) is 2.58. The molecule has 0 amide bonds. The molecule has 2 rings (SSSR count). The van der Waals surface area contributed by atoms with Crippen LogP contribution in [0.25, 0.3) is 0 Å². The molecule has 2 heterocycles. The van der Waals surface area contributed by atoms with Gasteiger partial charge < -0.3 is 9.15 Å². The molecule has 0 N–H and O–H groups in total. The normalized spacial score (nSPS) is 20.9. The highest BCUT2D eigenvalue weighted by Crippen LogP contribution is 2.28. The maximum absolute atomic E-state index is 11.7. The Morgan fingerprint density at radius 2 is 2.44 bits per heavy atom. The van der Waals surface area contributed by atoms with E-state index in [0.717, 1.165) is 17.6 Å². The fraction of sp³-hybridized carbons (Fsp3) is 0.308. The van der Waals surface area contributed by atoms with Gasteiger partial charge in [-0.25, -0.2) is 4.79 Å². The monoisotopic (exact) mass is 218 g/mol. The van der Waals surface area contributed by atoms with Gasteiger partial charge in [0, 0.05) is 17.6 Å². The number of hydrogen-bond acceptors (Lipinski definition) is 3. The van der Waals surface area contributed by atoms with Crippen molar-refractivity contribution in [1.82, 2.24) is 0 Å². The molecule has 0 bridgehead atoms. The predicted octanol–water partition coefficient (Wildman–Crippen LogP) is 3.16. The zero-order valence-corrected chi connectivity index (χ0v) is 9.18. The quantitative estimate of drug-likeness (QED) is 0.578. The molecule has 1 aromatic rings. The highest BCUT2D eigenvalue weighted by Gasteiger charge is 2.23. The fourth-order valence-corrected chi connectivity index (χ4v) is 1.66. The Morgan fingerprint density at radius 1 is 1.56 bits per heavy atom. The molecular weight excluding hydrogens is 204 g/mol. The molecule has 0 fully saturated rings. The van der Waals surface area contributed by atoms with Crippen LogP contribution >= 0.6 is 0 Å². The first-order chi connectivity index (χ1) is 7.81. The van der Waals surface area contributed by atoms with Crippen molar-refractivity contribution in [3.63, 3.8) is 0 Å². The number of esters is 1. The number of hydrogen-bond donors (Lipinski definition) is 0. The Labute approximate surface area is 94.4 Å². The van der Waals surface area contributed by atoms with Gasteiger partial charge in [0.2, 0.25) is 0 Å². The number of allylic oxidation sites excluding steroid dienone is 2. The minimum Gasteiger partial charge on any atom is -0.472 e. The number of carbonyl (C=O) groups is 1. The number of carbonyl (C=O) groups excluding carboxylic acids is 1. The summed E-state index contributed by atoms with van der Waals surface area (Å²) in [5.41, 5.74) is 1.65. The number of furan rings is 1. The van der Waals surface area contributed by atoms with Crippen LogP contribution in [0.2, 0.25) is 0 Å². The maximum atomic E-state index is 11.7. The van der Waals surface area contributed by atoms with Crippen molar-refractivity contribution < 1.29 is 13.9 Å². The Hall–Kier alpha value is -1.77. The van der Waals surface area contributed by atoms with Gasteiger partial charge in [-0.15, -0.1) is 0 Å². The van der Waals surface area contributed by atoms with Crippen molar-refractivity contribution in [2.75, 3.05) is 0 Å². The highest BCUT2D eigenvalue weighted by atomic mass is 16.5. The zero-order valence-electron chi connectivity index (χ0n) is 9.18. The zero-order chi connectivity index (χ0) is 11.4. The smallest absolute Gasteiger partial charge is 0.334 e. The molecule has 1 aliphatic heterocycles. The molecule has 1 aromatic heterocycles. The van der Waals surface area contributed by atoms with Crippen LogP contribution in [0.5, 0.6) is 0 Å². The average Bonchev–Trinajstić information content (AvgIpc) is 2.81. The van der Waals surface area contributed by atoms with E-state index >= 15 is 0 Å². The summed E-state index contributed by atoms with van der Waals surface area (Å²) < 4.78 is 10.3. The molecule has 3 heteroatoms. The van der Waals surface area contributed by atoms with E-state index < -0.39 is 0 Å². The summed E-state index contributed by atoms with van der Waals surface area (Å²) in [4.78, 5) is 11.7. The van der Waals surface area contributed by atoms with Gasteiger partial charge in [-0.05, 0) is 19.4 Å². The van der Waals surface area contributed by atoms with Crippen molar-refractivity contribution in [3.8, 4) is 0 Å². The van der Waals surface area contributed by atoms with Crippen LogP contribution in [0.4, 0.5) is 0 Å². The summed E-state index contributed by atoms with van der Waals surface area (Å²) in [6, 6.07) is 1.82. The predicted molar refractivity (Wildman–Crippen MR) is 59.7 cm³/mol. The summed E-state index contributed by atoms with van der Waals surface area (Å²) in [7, 11) is 0. The van der Waals surface area contributed by atoms with Crippen LogP contribution < -0.4 is 0 Å². The van der Waals surface area contributed by atoms with Crippen molar-refractivity contribution in [2.24, 2.45) is 0 Å². The van der Waals surface area contributed by atoms with E-state index in [1.807, 2.05) is 31.2 Å². The minimum atomic E-state index is -0.226. The summed E-state index contributed by atoms with van der Waals surface area (Å²) in [5, 5.41) is 0. The van der Waals surface area contributed by atoms with E-state index in [4.69, 9.17) is 9.15 Å². The van der Waals surface area contributed by atoms with Crippen molar-refractivity contribution in [1.29, 1.82) is 0 Å². The van der Waals surface area contributed by atoms with Gasteiger partial charge in [0.25, 0.3) is 0 Å². The first kappa shape index (κ1) is 10.7. The van der Waals surface area contributed by atoms with E-state index in [9.17, 15) is 4.79 Å². The fourth-order valence-electron chi connectivity index (χ4n) is 1.66. The Morgan fingerprint density at radius 3 is 3.06 bits per heavy atom. The second-order valence-electron chi connectivity index (χ2n) is 3.69. The Bertz CT molecular complexity index is 412. The van der Waals surface area contributed by atoms with Gasteiger partial charge in [0.05, 0.1) is 12.5 Å². The second kappa shape index (κ2) is 4.84. The van der Waals surface area contributed by atoms with Gasteiger partial charge in [-0.3, -0.25) is 0 Å². The van der Waals surface area contributed by atoms with Crippen LogP contribution in [0.15, 0.2) is 46.8 Å². The minimum absolute atomic E-state index is 0.194. The van der Waals surface area contributed by atoms with Crippen LogP contribution in [0.1, 0.15) is 31.4 Å². The number of cyclic esters (lactones) is 1. The lowest BCUT2D eigenvalue weighted by Gasteiger charge is -2.20. The molecule has 16 heavy (non-hydrogen) atoms. The van der Waals surface area contributed by atoms with Gasteiger partial charge in [-0.2, -0.15) is 0 Å². The van der Waals surface area contributed by atoms with E-state index in [2.05, 4.69) is 0 Å².